The van der Waals surface area contributed by atoms with E-state index in [1.165, 1.54) is 25.7 Å². The summed E-state index contributed by atoms with van der Waals surface area (Å²) in [6.07, 6.45) is 8.76. The molecule has 7 heteroatoms. The highest BCUT2D eigenvalue weighted by Crippen LogP contribution is 2.13. The zero-order valence-corrected chi connectivity index (χ0v) is 15.5. The van der Waals surface area contributed by atoms with Gasteiger partial charge in [-0.15, -0.1) is 24.0 Å². The highest BCUT2D eigenvalue weighted by Gasteiger charge is 2.11. The van der Waals surface area contributed by atoms with Gasteiger partial charge in [0.1, 0.15) is 5.65 Å². The van der Waals surface area contributed by atoms with E-state index in [1.54, 1.807) is 0 Å². The molecule has 0 atom stereocenters. The second-order valence-electron chi connectivity index (χ2n) is 5.42. The molecule has 22 heavy (non-hydrogen) atoms. The number of guanidine groups is 1. The summed E-state index contributed by atoms with van der Waals surface area (Å²) in [4.78, 5) is 11.2. The van der Waals surface area contributed by atoms with Crippen molar-refractivity contribution in [1.82, 2.24) is 14.3 Å². The molecule has 0 saturated carbocycles. The summed E-state index contributed by atoms with van der Waals surface area (Å²) in [5, 5.41) is 0.694. The topological polar surface area (TPSA) is 58.9 Å². The molecule has 1 fully saturated rings. The highest BCUT2D eigenvalue weighted by atomic mass is 127. The number of fused-ring (bicyclic) bond motifs is 1. The van der Waals surface area contributed by atoms with Crippen molar-refractivity contribution in [3.05, 3.63) is 35.2 Å². The standard InChI is InChI=1S/C15H20ClN5.HI/c16-12-5-6-14-19-13(11-21(14)10-12)9-18-15(17)20-7-3-1-2-4-8-20;/h5-6,10-11H,1-4,7-9H2,(H2,17,18);1H. The Labute approximate surface area is 152 Å². The Morgan fingerprint density at radius 2 is 1.91 bits per heavy atom. The smallest absolute Gasteiger partial charge is 0.191 e. The third-order valence-corrected chi connectivity index (χ3v) is 4.02. The van der Waals surface area contributed by atoms with Crippen molar-refractivity contribution in [2.45, 2.75) is 32.2 Å². The van der Waals surface area contributed by atoms with Crippen LogP contribution in [0, 0.1) is 0 Å². The lowest BCUT2D eigenvalue weighted by molar-refractivity contribution is 0.428. The number of likely N-dealkylation sites (tertiary alicyclic amines) is 1. The molecule has 1 aliphatic rings. The number of aliphatic imine (C=N–C) groups is 1. The van der Waals surface area contributed by atoms with Gasteiger partial charge in [0.25, 0.3) is 0 Å². The van der Waals surface area contributed by atoms with Gasteiger partial charge in [-0.25, -0.2) is 9.98 Å². The first kappa shape index (κ1) is 17.3. The molecule has 1 saturated heterocycles. The molecular formula is C15H21ClIN5. The van der Waals surface area contributed by atoms with Crippen LogP contribution < -0.4 is 5.73 Å². The van der Waals surface area contributed by atoms with Crippen LogP contribution in [-0.4, -0.2) is 33.3 Å². The van der Waals surface area contributed by atoms with E-state index >= 15 is 0 Å². The average Bonchev–Trinajstić information content (AvgIpc) is 2.69. The lowest BCUT2D eigenvalue weighted by atomic mass is 10.2. The Morgan fingerprint density at radius 1 is 1.18 bits per heavy atom. The maximum absolute atomic E-state index is 6.10. The summed E-state index contributed by atoms with van der Waals surface area (Å²) in [7, 11) is 0. The predicted molar refractivity (Wildman–Crippen MR) is 101 cm³/mol. The van der Waals surface area contributed by atoms with Crippen molar-refractivity contribution in [3.63, 3.8) is 0 Å². The molecule has 0 radical (unpaired) electrons. The van der Waals surface area contributed by atoms with Crippen LogP contribution in [0.25, 0.3) is 5.65 Å². The third-order valence-electron chi connectivity index (χ3n) is 3.80. The first-order chi connectivity index (χ1) is 10.2. The van der Waals surface area contributed by atoms with E-state index in [9.17, 15) is 0 Å². The molecule has 2 N–H and O–H groups in total. The second-order valence-corrected chi connectivity index (χ2v) is 5.86. The monoisotopic (exact) mass is 433 g/mol. The molecule has 0 aromatic carbocycles. The number of hydrogen-bond acceptors (Lipinski definition) is 2. The summed E-state index contributed by atoms with van der Waals surface area (Å²) < 4.78 is 1.91. The van der Waals surface area contributed by atoms with Gasteiger partial charge in [0.05, 0.1) is 17.3 Å². The quantitative estimate of drug-likeness (QED) is 0.449. The number of imidazole rings is 1. The Kier molecular flexibility index (Phi) is 6.31. The Bertz CT molecular complexity index is 646. The fourth-order valence-electron chi connectivity index (χ4n) is 2.66. The van der Waals surface area contributed by atoms with Gasteiger partial charge in [-0.2, -0.15) is 0 Å². The normalized spacial score (nSPS) is 16.4. The number of aromatic nitrogens is 2. The van der Waals surface area contributed by atoms with Crippen molar-refractivity contribution in [2.24, 2.45) is 10.7 Å². The van der Waals surface area contributed by atoms with Crippen molar-refractivity contribution in [2.75, 3.05) is 13.1 Å². The van der Waals surface area contributed by atoms with Gasteiger partial charge in [0.2, 0.25) is 0 Å². The lowest BCUT2D eigenvalue weighted by Crippen LogP contribution is -2.38. The number of nitrogens with zero attached hydrogens (tertiary/aromatic N) is 4. The average molecular weight is 434 g/mol. The summed E-state index contributed by atoms with van der Waals surface area (Å²) in [5.74, 6) is 0.631. The number of halogens is 2. The van der Waals surface area contributed by atoms with Gasteiger partial charge in [-0.3, -0.25) is 0 Å². The summed E-state index contributed by atoms with van der Waals surface area (Å²) in [5.41, 5.74) is 7.88. The number of nitrogens with two attached hydrogens (primary N) is 1. The van der Waals surface area contributed by atoms with Crippen molar-refractivity contribution < 1.29 is 0 Å². The zero-order chi connectivity index (χ0) is 14.7. The minimum atomic E-state index is 0. The van der Waals surface area contributed by atoms with Crippen LogP contribution >= 0.6 is 35.6 Å². The van der Waals surface area contributed by atoms with Gasteiger partial charge in [-0.05, 0) is 25.0 Å². The third kappa shape index (κ3) is 4.25. The fraction of sp³-hybridized carbons (Fsp3) is 0.467. The molecule has 0 amide bonds. The van der Waals surface area contributed by atoms with E-state index in [0.717, 1.165) is 24.4 Å². The van der Waals surface area contributed by atoms with Crippen LogP contribution in [0.2, 0.25) is 5.02 Å². The molecule has 0 spiro atoms. The Morgan fingerprint density at radius 3 is 2.64 bits per heavy atom. The summed E-state index contributed by atoms with van der Waals surface area (Å²) in [6.45, 7) is 2.52. The van der Waals surface area contributed by atoms with E-state index in [-0.39, 0.29) is 24.0 Å². The van der Waals surface area contributed by atoms with E-state index in [0.29, 0.717) is 17.5 Å². The van der Waals surface area contributed by atoms with Gasteiger partial charge in [0.15, 0.2) is 5.96 Å². The molecule has 0 aliphatic carbocycles. The first-order valence-corrected chi connectivity index (χ1v) is 7.78. The second kappa shape index (κ2) is 8.01. The minimum absolute atomic E-state index is 0. The van der Waals surface area contributed by atoms with Crippen molar-refractivity contribution in [3.8, 4) is 0 Å². The van der Waals surface area contributed by atoms with Gasteiger partial charge < -0.3 is 15.0 Å². The minimum Gasteiger partial charge on any atom is -0.370 e. The molecule has 0 bridgehead atoms. The van der Waals surface area contributed by atoms with E-state index in [4.69, 9.17) is 17.3 Å². The molecule has 120 valence electrons. The first-order valence-electron chi connectivity index (χ1n) is 7.40. The molecular weight excluding hydrogens is 413 g/mol. The molecule has 1 aliphatic heterocycles. The largest absolute Gasteiger partial charge is 0.370 e. The molecule has 3 rings (SSSR count). The molecule has 5 nitrogen and oxygen atoms in total. The number of pyridine rings is 1. The van der Waals surface area contributed by atoms with Gasteiger partial charge in [0, 0.05) is 25.5 Å². The number of rotatable bonds is 2. The summed E-state index contributed by atoms with van der Waals surface area (Å²) in [6, 6.07) is 3.73. The van der Waals surface area contributed by atoms with Crippen LogP contribution in [0.4, 0.5) is 0 Å². The molecule has 2 aromatic rings. The van der Waals surface area contributed by atoms with Crippen LogP contribution in [0.5, 0.6) is 0 Å². The maximum Gasteiger partial charge on any atom is 0.191 e. The molecule has 0 unspecified atom stereocenters. The van der Waals surface area contributed by atoms with Crippen LogP contribution in [0.15, 0.2) is 29.5 Å². The molecule has 2 aromatic heterocycles. The number of hydrogen-bond donors (Lipinski definition) is 1. The van der Waals surface area contributed by atoms with Crippen LogP contribution in [0.3, 0.4) is 0 Å². The van der Waals surface area contributed by atoms with Gasteiger partial charge >= 0.3 is 0 Å². The van der Waals surface area contributed by atoms with Crippen LogP contribution in [0.1, 0.15) is 31.4 Å². The van der Waals surface area contributed by atoms with Gasteiger partial charge in [-0.1, -0.05) is 24.4 Å². The predicted octanol–water partition coefficient (Wildman–Crippen LogP) is 3.30. The lowest BCUT2D eigenvalue weighted by Gasteiger charge is -2.20. The van der Waals surface area contributed by atoms with Crippen molar-refractivity contribution in [1.29, 1.82) is 0 Å². The Hall–Kier alpha value is -1.02. The van der Waals surface area contributed by atoms with E-state index in [1.807, 2.05) is 28.9 Å². The van der Waals surface area contributed by atoms with E-state index < -0.39 is 0 Å². The highest BCUT2D eigenvalue weighted by molar-refractivity contribution is 14.0. The SMILES string of the molecule is I.NC(=NCc1cn2cc(Cl)ccc2n1)N1CCCCCC1. The van der Waals surface area contributed by atoms with E-state index in [2.05, 4.69) is 14.9 Å². The van der Waals surface area contributed by atoms with Crippen molar-refractivity contribution >= 4 is 47.2 Å². The maximum atomic E-state index is 6.10. The fourth-order valence-corrected chi connectivity index (χ4v) is 2.82. The summed E-state index contributed by atoms with van der Waals surface area (Å²) >= 11 is 5.97. The zero-order valence-electron chi connectivity index (χ0n) is 12.4. The Balaban J connectivity index is 0.00000176. The molecule has 3 heterocycles. The van der Waals surface area contributed by atoms with Crippen LogP contribution in [-0.2, 0) is 6.54 Å².